The zero-order valence-electron chi connectivity index (χ0n) is 16.1. The molecular formula is C20H30N2O4. The fraction of sp³-hybridized carbons (Fsp3) is 0.550. The molecule has 2 N–H and O–H groups in total. The van der Waals surface area contributed by atoms with E-state index in [0.29, 0.717) is 18.0 Å². The number of nitrogens with one attached hydrogen (secondary N) is 2. The van der Waals surface area contributed by atoms with Crippen molar-refractivity contribution in [2.45, 2.75) is 59.5 Å². The molecule has 1 unspecified atom stereocenters. The Hall–Kier alpha value is -2.37. The number of hydrogen-bond donors (Lipinski definition) is 2. The Morgan fingerprint density at radius 1 is 1.04 bits per heavy atom. The molecule has 0 aromatic heterocycles. The average Bonchev–Trinajstić information content (AvgIpc) is 2.58. The highest BCUT2D eigenvalue weighted by Gasteiger charge is 2.12. The van der Waals surface area contributed by atoms with E-state index in [1.54, 1.807) is 24.3 Å². The maximum absolute atomic E-state index is 12.0. The van der Waals surface area contributed by atoms with Gasteiger partial charge in [-0.15, -0.1) is 0 Å². The summed E-state index contributed by atoms with van der Waals surface area (Å²) in [6.07, 6.45) is 3.10. The number of amides is 2. The molecule has 0 bridgehead atoms. The lowest BCUT2D eigenvalue weighted by Crippen LogP contribution is -2.35. The standard InChI is InChI=1S/C20H30N2O4/c1-14(2)6-5-7-15(3)22-19(24)13-26-20(25)18-10-8-17(9-11-18)12-21-16(4)23/h8-11,14-15H,5-7,12-13H2,1-4H3,(H,21,23)(H,22,24). The summed E-state index contributed by atoms with van der Waals surface area (Å²) in [5.74, 6) is -0.294. The molecule has 0 heterocycles. The second-order valence-electron chi connectivity index (χ2n) is 6.98. The molecule has 0 fully saturated rings. The van der Waals surface area contributed by atoms with Gasteiger partial charge < -0.3 is 15.4 Å². The number of carbonyl (C=O) groups excluding carboxylic acids is 3. The lowest BCUT2D eigenvalue weighted by atomic mass is 10.0. The Balaban J connectivity index is 2.34. The number of carbonyl (C=O) groups is 3. The summed E-state index contributed by atoms with van der Waals surface area (Å²) in [6, 6.07) is 6.78. The van der Waals surface area contributed by atoms with E-state index < -0.39 is 5.97 Å². The molecule has 26 heavy (non-hydrogen) atoms. The Labute approximate surface area is 155 Å². The van der Waals surface area contributed by atoms with Gasteiger partial charge in [0.25, 0.3) is 5.91 Å². The van der Waals surface area contributed by atoms with Crippen LogP contribution in [0.5, 0.6) is 0 Å². The van der Waals surface area contributed by atoms with Crippen molar-refractivity contribution in [1.82, 2.24) is 10.6 Å². The third-order valence-corrected chi connectivity index (χ3v) is 3.89. The van der Waals surface area contributed by atoms with E-state index in [2.05, 4.69) is 24.5 Å². The smallest absolute Gasteiger partial charge is 0.338 e. The summed E-state index contributed by atoms with van der Waals surface area (Å²) >= 11 is 0. The van der Waals surface area contributed by atoms with Crippen molar-refractivity contribution in [2.24, 2.45) is 5.92 Å². The molecule has 0 saturated heterocycles. The Morgan fingerprint density at radius 2 is 1.69 bits per heavy atom. The lowest BCUT2D eigenvalue weighted by Gasteiger charge is -2.14. The molecule has 6 nitrogen and oxygen atoms in total. The Bertz CT molecular complexity index is 596. The highest BCUT2D eigenvalue weighted by molar-refractivity contribution is 5.91. The number of hydrogen-bond acceptors (Lipinski definition) is 4. The van der Waals surface area contributed by atoms with Crippen LogP contribution in [0, 0.1) is 5.92 Å². The van der Waals surface area contributed by atoms with E-state index in [0.717, 1.165) is 24.8 Å². The van der Waals surface area contributed by atoms with Gasteiger partial charge in [-0.2, -0.15) is 0 Å². The minimum absolute atomic E-state index is 0.0630. The highest BCUT2D eigenvalue weighted by atomic mass is 16.5. The van der Waals surface area contributed by atoms with Gasteiger partial charge in [0, 0.05) is 19.5 Å². The van der Waals surface area contributed by atoms with Crippen LogP contribution in [0.15, 0.2) is 24.3 Å². The molecule has 0 saturated carbocycles. The van der Waals surface area contributed by atoms with Crippen molar-refractivity contribution in [2.75, 3.05) is 6.61 Å². The van der Waals surface area contributed by atoms with Crippen LogP contribution < -0.4 is 10.6 Å². The molecule has 0 radical (unpaired) electrons. The molecular weight excluding hydrogens is 332 g/mol. The summed E-state index contributed by atoms with van der Waals surface area (Å²) in [7, 11) is 0. The maximum atomic E-state index is 12.0. The third kappa shape index (κ3) is 9.20. The predicted molar refractivity (Wildman–Crippen MR) is 101 cm³/mol. The molecule has 0 aliphatic rings. The van der Waals surface area contributed by atoms with Crippen LogP contribution in [0.2, 0.25) is 0 Å². The average molecular weight is 362 g/mol. The highest BCUT2D eigenvalue weighted by Crippen LogP contribution is 2.08. The van der Waals surface area contributed by atoms with Crippen molar-refractivity contribution in [3.63, 3.8) is 0 Å². The monoisotopic (exact) mass is 362 g/mol. The first-order chi connectivity index (χ1) is 12.3. The van der Waals surface area contributed by atoms with Gasteiger partial charge in [0.15, 0.2) is 6.61 Å². The molecule has 2 amide bonds. The second-order valence-corrected chi connectivity index (χ2v) is 6.98. The normalized spacial score (nSPS) is 11.7. The molecule has 6 heteroatoms. The van der Waals surface area contributed by atoms with E-state index in [1.165, 1.54) is 6.92 Å². The van der Waals surface area contributed by atoms with Gasteiger partial charge in [0.2, 0.25) is 5.91 Å². The fourth-order valence-electron chi connectivity index (χ4n) is 2.42. The lowest BCUT2D eigenvalue weighted by molar-refractivity contribution is -0.125. The second kappa shape index (κ2) is 11.3. The Kier molecular flexibility index (Phi) is 9.41. The number of esters is 1. The molecule has 1 atom stereocenters. The summed E-state index contributed by atoms with van der Waals surface area (Å²) in [5, 5.41) is 5.52. The fourth-order valence-corrected chi connectivity index (χ4v) is 2.42. The van der Waals surface area contributed by atoms with Crippen LogP contribution >= 0.6 is 0 Å². The minimum atomic E-state index is -0.543. The SMILES string of the molecule is CC(=O)NCc1ccc(C(=O)OCC(=O)NC(C)CCCC(C)C)cc1. The number of benzene rings is 1. The van der Waals surface area contributed by atoms with Gasteiger partial charge in [-0.25, -0.2) is 4.79 Å². The van der Waals surface area contributed by atoms with Crippen molar-refractivity contribution in [3.05, 3.63) is 35.4 Å². The van der Waals surface area contributed by atoms with Crippen molar-refractivity contribution in [3.8, 4) is 0 Å². The van der Waals surface area contributed by atoms with Gasteiger partial charge in [-0.05, 0) is 37.0 Å². The minimum Gasteiger partial charge on any atom is -0.452 e. The zero-order chi connectivity index (χ0) is 19.5. The molecule has 0 spiro atoms. The van der Waals surface area contributed by atoms with Gasteiger partial charge in [0.1, 0.15) is 0 Å². The Morgan fingerprint density at radius 3 is 2.27 bits per heavy atom. The largest absolute Gasteiger partial charge is 0.452 e. The van der Waals surface area contributed by atoms with Crippen LogP contribution in [0.3, 0.4) is 0 Å². The number of ether oxygens (including phenoxy) is 1. The van der Waals surface area contributed by atoms with Gasteiger partial charge >= 0.3 is 5.97 Å². The van der Waals surface area contributed by atoms with Crippen molar-refractivity contribution < 1.29 is 19.1 Å². The van der Waals surface area contributed by atoms with Gasteiger partial charge in [-0.1, -0.05) is 38.8 Å². The van der Waals surface area contributed by atoms with Crippen LogP contribution in [0.4, 0.5) is 0 Å². The van der Waals surface area contributed by atoms with E-state index in [-0.39, 0.29) is 24.5 Å². The summed E-state index contributed by atoms with van der Waals surface area (Å²) in [6.45, 7) is 7.86. The molecule has 1 aromatic rings. The quantitative estimate of drug-likeness (QED) is 0.627. The molecule has 0 aliphatic carbocycles. The first kappa shape index (κ1) is 21.7. The van der Waals surface area contributed by atoms with Crippen LogP contribution in [-0.4, -0.2) is 30.4 Å². The predicted octanol–water partition coefficient (Wildman–Crippen LogP) is 2.81. The summed E-state index contributed by atoms with van der Waals surface area (Å²) in [4.78, 5) is 34.7. The summed E-state index contributed by atoms with van der Waals surface area (Å²) in [5.41, 5.74) is 1.25. The molecule has 1 aromatic carbocycles. The van der Waals surface area contributed by atoms with Gasteiger partial charge in [-0.3, -0.25) is 9.59 Å². The zero-order valence-corrected chi connectivity index (χ0v) is 16.1. The molecule has 144 valence electrons. The van der Waals surface area contributed by atoms with Crippen molar-refractivity contribution in [1.29, 1.82) is 0 Å². The topological polar surface area (TPSA) is 84.5 Å². The third-order valence-electron chi connectivity index (χ3n) is 3.89. The first-order valence-corrected chi connectivity index (χ1v) is 9.07. The number of rotatable bonds is 10. The molecule has 0 aliphatic heterocycles. The van der Waals surface area contributed by atoms with Gasteiger partial charge in [0.05, 0.1) is 5.56 Å². The van der Waals surface area contributed by atoms with Crippen LogP contribution in [0.25, 0.3) is 0 Å². The van der Waals surface area contributed by atoms with E-state index in [1.807, 2.05) is 6.92 Å². The van der Waals surface area contributed by atoms with E-state index in [9.17, 15) is 14.4 Å². The maximum Gasteiger partial charge on any atom is 0.338 e. The summed E-state index contributed by atoms with van der Waals surface area (Å²) < 4.78 is 5.05. The van der Waals surface area contributed by atoms with E-state index >= 15 is 0 Å². The van der Waals surface area contributed by atoms with Crippen LogP contribution in [0.1, 0.15) is 62.9 Å². The van der Waals surface area contributed by atoms with Crippen LogP contribution in [-0.2, 0) is 20.9 Å². The van der Waals surface area contributed by atoms with E-state index in [4.69, 9.17) is 4.74 Å². The van der Waals surface area contributed by atoms with Crippen molar-refractivity contribution >= 4 is 17.8 Å². The molecule has 1 rings (SSSR count). The first-order valence-electron chi connectivity index (χ1n) is 9.07.